The van der Waals surface area contributed by atoms with Gasteiger partial charge in [-0.1, -0.05) is 29.8 Å². The zero-order valence-corrected chi connectivity index (χ0v) is 14.8. The van der Waals surface area contributed by atoms with Crippen molar-refractivity contribution in [2.75, 3.05) is 26.3 Å². The largest absolute Gasteiger partial charge is 0.381 e. The Bertz CT molecular complexity index is 541. The van der Waals surface area contributed by atoms with Crippen LogP contribution in [0.25, 0.3) is 0 Å². The summed E-state index contributed by atoms with van der Waals surface area (Å²) >= 11 is 0. The first kappa shape index (κ1) is 17.4. The monoisotopic (exact) mass is 330 g/mol. The lowest BCUT2D eigenvalue weighted by Gasteiger charge is -2.40. The van der Waals surface area contributed by atoms with E-state index in [-0.39, 0.29) is 5.91 Å². The van der Waals surface area contributed by atoms with Crippen LogP contribution in [-0.4, -0.2) is 42.6 Å². The molecule has 2 heterocycles. The van der Waals surface area contributed by atoms with E-state index in [1.807, 2.05) is 4.90 Å². The maximum atomic E-state index is 12.7. The highest BCUT2D eigenvalue weighted by atomic mass is 16.5. The van der Waals surface area contributed by atoms with Gasteiger partial charge in [0.1, 0.15) is 0 Å². The van der Waals surface area contributed by atoms with Crippen LogP contribution in [0, 0.1) is 12.8 Å². The molecule has 2 aliphatic heterocycles. The standard InChI is InChI=1S/C20H30N2O2/c1-16-2-4-17(5-3-16)6-7-18-8-12-22(13-9-18)19(23)20(21)10-14-24-15-11-20/h2-5,18H,6-15,21H2,1H3. The summed E-state index contributed by atoms with van der Waals surface area (Å²) in [4.78, 5) is 14.7. The maximum absolute atomic E-state index is 12.7. The van der Waals surface area contributed by atoms with E-state index in [0.717, 1.165) is 38.3 Å². The molecule has 0 saturated carbocycles. The number of aryl methyl sites for hydroxylation is 2. The number of rotatable bonds is 4. The molecule has 0 bridgehead atoms. The van der Waals surface area contributed by atoms with E-state index in [9.17, 15) is 4.79 Å². The van der Waals surface area contributed by atoms with Gasteiger partial charge in [-0.15, -0.1) is 0 Å². The summed E-state index contributed by atoms with van der Waals surface area (Å²) in [5.74, 6) is 0.863. The van der Waals surface area contributed by atoms with Gasteiger partial charge in [0, 0.05) is 26.3 Å². The van der Waals surface area contributed by atoms with Crippen molar-refractivity contribution < 1.29 is 9.53 Å². The van der Waals surface area contributed by atoms with Crippen molar-refractivity contribution >= 4 is 5.91 Å². The number of hydrogen-bond donors (Lipinski definition) is 1. The SMILES string of the molecule is Cc1ccc(CCC2CCN(C(=O)C3(N)CCOCC3)CC2)cc1. The third-order valence-electron chi connectivity index (χ3n) is 5.67. The van der Waals surface area contributed by atoms with Gasteiger partial charge >= 0.3 is 0 Å². The molecule has 0 atom stereocenters. The van der Waals surface area contributed by atoms with Gasteiger partial charge < -0.3 is 15.4 Å². The molecule has 0 aliphatic carbocycles. The quantitative estimate of drug-likeness (QED) is 0.923. The zero-order chi connectivity index (χ0) is 17.0. The minimum absolute atomic E-state index is 0.141. The lowest BCUT2D eigenvalue weighted by atomic mass is 9.86. The molecule has 0 aromatic heterocycles. The molecule has 132 valence electrons. The first-order chi connectivity index (χ1) is 11.6. The number of benzene rings is 1. The summed E-state index contributed by atoms with van der Waals surface area (Å²) in [6.07, 6.45) is 5.86. The van der Waals surface area contributed by atoms with Gasteiger partial charge in [-0.3, -0.25) is 4.79 Å². The summed E-state index contributed by atoms with van der Waals surface area (Å²) in [5.41, 5.74) is 8.39. The van der Waals surface area contributed by atoms with Gasteiger partial charge in [0.15, 0.2) is 0 Å². The fourth-order valence-corrected chi connectivity index (χ4v) is 3.81. The molecule has 24 heavy (non-hydrogen) atoms. The van der Waals surface area contributed by atoms with Gasteiger partial charge in [-0.2, -0.15) is 0 Å². The van der Waals surface area contributed by atoms with Gasteiger partial charge in [0.25, 0.3) is 0 Å². The normalized spacial score (nSPS) is 21.7. The van der Waals surface area contributed by atoms with Gasteiger partial charge in [0.2, 0.25) is 5.91 Å². The minimum atomic E-state index is -0.688. The van der Waals surface area contributed by atoms with E-state index in [4.69, 9.17) is 10.5 Å². The second-order valence-electron chi connectivity index (χ2n) is 7.53. The summed E-state index contributed by atoms with van der Waals surface area (Å²) in [6, 6.07) is 8.84. The first-order valence-electron chi connectivity index (χ1n) is 9.28. The molecule has 4 nitrogen and oxygen atoms in total. The van der Waals surface area contributed by atoms with Crippen LogP contribution in [0.5, 0.6) is 0 Å². The maximum Gasteiger partial charge on any atom is 0.242 e. The number of carbonyl (C=O) groups is 1. The van der Waals surface area contributed by atoms with Crippen molar-refractivity contribution in [1.29, 1.82) is 0 Å². The topological polar surface area (TPSA) is 55.6 Å². The molecule has 1 aromatic carbocycles. The van der Waals surface area contributed by atoms with E-state index < -0.39 is 5.54 Å². The van der Waals surface area contributed by atoms with Crippen molar-refractivity contribution in [2.45, 2.75) is 51.0 Å². The van der Waals surface area contributed by atoms with Crippen molar-refractivity contribution in [3.8, 4) is 0 Å². The van der Waals surface area contributed by atoms with E-state index >= 15 is 0 Å². The number of piperidine rings is 1. The molecule has 0 unspecified atom stereocenters. The van der Waals surface area contributed by atoms with Gasteiger partial charge in [-0.05, 0) is 56.9 Å². The van der Waals surface area contributed by atoms with E-state index in [1.165, 1.54) is 17.5 Å². The number of likely N-dealkylation sites (tertiary alicyclic amines) is 1. The number of carbonyl (C=O) groups excluding carboxylic acids is 1. The summed E-state index contributed by atoms with van der Waals surface area (Å²) in [7, 11) is 0. The smallest absolute Gasteiger partial charge is 0.242 e. The van der Waals surface area contributed by atoms with E-state index in [1.54, 1.807) is 0 Å². The summed E-state index contributed by atoms with van der Waals surface area (Å²) in [5, 5.41) is 0. The molecule has 4 heteroatoms. The Morgan fingerprint density at radius 1 is 1.21 bits per heavy atom. The molecule has 2 saturated heterocycles. The van der Waals surface area contributed by atoms with Crippen molar-refractivity contribution in [3.05, 3.63) is 35.4 Å². The Morgan fingerprint density at radius 3 is 2.46 bits per heavy atom. The van der Waals surface area contributed by atoms with E-state index in [2.05, 4.69) is 31.2 Å². The minimum Gasteiger partial charge on any atom is -0.381 e. The third kappa shape index (κ3) is 4.17. The van der Waals surface area contributed by atoms with Gasteiger partial charge in [0.05, 0.1) is 5.54 Å². The first-order valence-corrected chi connectivity index (χ1v) is 9.28. The Labute approximate surface area is 145 Å². The molecule has 2 N–H and O–H groups in total. The second-order valence-corrected chi connectivity index (χ2v) is 7.53. The van der Waals surface area contributed by atoms with Crippen LogP contribution in [-0.2, 0) is 16.0 Å². The zero-order valence-electron chi connectivity index (χ0n) is 14.8. The molecule has 1 amide bonds. The van der Waals surface area contributed by atoms with Gasteiger partial charge in [-0.25, -0.2) is 0 Å². The molecular formula is C20H30N2O2. The molecule has 1 aromatic rings. The van der Waals surface area contributed by atoms with Crippen LogP contribution in [0.2, 0.25) is 0 Å². The van der Waals surface area contributed by atoms with Crippen LogP contribution in [0.1, 0.15) is 43.2 Å². The van der Waals surface area contributed by atoms with Crippen LogP contribution < -0.4 is 5.73 Å². The van der Waals surface area contributed by atoms with E-state index in [0.29, 0.717) is 26.1 Å². The van der Waals surface area contributed by atoms with Crippen LogP contribution in [0.15, 0.2) is 24.3 Å². The molecule has 3 rings (SSSR count). The van der Waals surface area contributed by atoms with Crippen molar-refractivity contribution in [1.82, 2.24) is 4.90 Å². The lowest BCUT2D eigenvalue weighted by Crippen LogP contribution is -2.59. The Hall–Kier alpha value is -1.39. The number of nitrogens with zero attached hydrogens (tertiary/aromatic N) is 1. The predicted molar refractivity (Wildman–Crippen MR) is 95.8 cm³/mol. The second kappa shape index (κ2) is 7.66. The Balaban J connectivity index is 1.45. The molecule has 2 fully saturated rings. The average Bonchev–Trinajstić information content (AvgIpc) is 2.62. The number of hydrogen-bond acceptors (Lipinski definition) is 3. The van der Waals surface area contributed by atoms with Crippen molar-refractivity contribution in [2.24, 2.45) is 11.7 Å². The predicted octanol–water partition coefficient (Wildman–Crippen LogP) is 2.67. The number of amides is 1. The summed E-state index contributed by atoms with van der Waals surface area (Å²) in [6.45, 7) is 5.05. The highest BCUT2D eigenvalue weighted by Crippen LogP contribution is 2.26. The highest BCUT2D eigenvalue weighted by Gasteiger charge is 2.39. The lowest BCUT2D eigenvalue weighted by molar-refractivity contribution is -0.142. The summed E-state index contributed by atoms with van der Waals surface area (Å²) < 4.78 is 5.35. The number of nitrogens with two attached hydrogens (primary N) is 1. The van der Waals surface area contributed by atoms with Crippen LogP contribution in [0.4, 0.5) is 0 Å². The third-order valence-corrected chi connectivity index (χ3v) is 5.67. The number of ether oxygens (including phenoxy) is 1. The van der Waals surface area contributed by atoms with Crippen LogP contribution >= 0.6 is 0 Å². The fraction of sp³-hybridized carbons (Fsp3) is 0.650. The van der Waals surface area contributed by atoms with Crippen LogP contribution in [0.3, 0.4) is 0 Å². The fourth-order valence-electron chi connectivity index (χ4n) is 3.81. The Morgan fingerprint density at radius 2 is 1.83 bits per heavy atom. The molecule has 0 spiro atoms. The molecule has 2 aliphatic rings. The molecule has 0 radical (unpaired) electrons. The molecular weight excluding hydrogens is 300 g/mol. The average molecular weight is 330 g/mol. The Kier molecular flexibility index (Phi) is 5.57. The van der Waals surface area contributed by atoms with Crippen molar-refractivity contribution in [3.63, 3.8) is 0 Å². The highest BCUT2D eigenvalue weighted by molar-refractivity contribution is 5.86.